The average molecular weight is 264 g/mol. The van der Waals surface area contributed by atoms with E-state index in [1.807, 2.05) is 12.1 Å². The molecule has 0 spiro atoms. The van der Waals surface area contributed by atoms with Crippen LogP contribution in [0.25, 0.3) is 0 Å². The van der Waals surface area contributed by atoms with Crippen molar-refractivity contribution < 1.29 is 0 Å². The maximum Gasteiger partial charge on any atom is 0.363 e. The van der Waals surface area contributed by atoms with Crippen molar-refractivity contribution in [3.8, 4) is 0 Å². The third-order valence-corrected chi connectivity index (χ3v) is 2.38. The Labute approximate surface area is 108 Å². The number of aryl methyl sites for hydroxylation is 1. The fraction of sp³-hybridized carbons (Fsp3) is 0.0909. The molecule has 1 aromatic heterocycles. The van der Waals surface area contributed by atoms with E-state index < -0.39 is 5.69 Å². The standard InChI is InChI=1S/C11H10ClN5O/c1-7-10(14-11(18)17-15-7)16-13-6-8-2-4-9(12)5-3-8/h2-6H,1H3,(H2,14,16,17,18). The third kappa shape index (κ3) is 3.14. The quantitative estimate of drug-likeness (QED) is 0.650. The van der Waals surface area contributed by atoms with Crippen molar-refractivity contribution in [1.29, 1.82) is 0 Å². The van der Waals surface area contributed by atoms with Crippen LogP contribution in [-0.4, -0.2) is 21.4 Å². The molecule has 7 heteroatoms. The molecular formula is C11H10ClN5O. The van der Waals surface area contributed by atoms with Crippen molar-refractivity contribution in [2.45, 2.75) is 6.92 Å². The lowest BCUT2D eigenvalue weighted by molar-refractivity contribution is 0.879. The van der Waals surface area contributed by atoms with Crippen LogP contribution in [-0.2, 0) is 0 Å². The molecule has 1 heterocycles. The van der Waals surface area contributed by atoms with Crippen molar-refractivity contribution in [2.24, 2.45) is 5.10 Å². The molecule has 0 aliphatic rings. The van der Waals surface area contributed by atoms with Crippen molar-refractivity contribution in [3.63, 3.8) is 0 Å². The van der Waals surface area contributed by atoms with E-state index in [9.17, 15) is 4.79 Å². The van der Waals surface area contributed by atoms with E-state index in [-0.39, 0.29) is 0 Å². The second-order valence-electron chi connectivity index (χ2n) is 3.50. The molecule has 0 saturated carbocycles. The second kappa shape index (κ2) is 5.42. The topological polar surface area (TPSA) is 83.0 Å². The summed E-state index contributed by atoms with van der Waals surface area (Å²) in [5.41, 5.74) is 3.57. The average Bonchev–Trinajstić information content (AvgIpc) is 2.36. The summed E-state index contributed by atoms with van der Waals surface area (Å²) in [5.74, 6) is 0.323. The van der Waals surface area contributed by atoms with E-state index >= 15 is 0 Å². The normalized spacial score (nSPS) is 10.8. The number of H-pyrrole nitrogens is 1. The monoisotopic (exact) mass is 263 g/mol. The summed E-state index contributed by atoms with van der Waals surface area (Å²) in [6.45, 7) is 1.71. The third-order valence-electron chi connectivity index (χ3n) is 2.13. The Bertz CT molecular complexity index is 620. The number of aromatic amines is 1. The fourth-order valence-electron chi connectivity index (χ4n) is 1.21. The summed E-state index contributed by atoms with van der Waals surface area (Å²) >= 11 is 5.76. The van der Waals surface area contributed by atoms with E-state index in [4.69, 9.17) is 11.6 Å². The van der Waals surface area contributed by atoms with Crippen LogP contribution in [0.3, 0.4) is 0 Å². The van der Waals surface area contributed by atoms with Crippen LogP contribution in [0.5, 0.6) is 0 Å². The van der Waals surface area contributed by atoms with Gasteiger partial charge < -0.3 is 0 Å². The number of hydrogen-bond donors (Lipinski definition) is 2. The summed E-state index contributed by atoms with van der Waals surface area (Å²) in [5, 5.41) is 10.6. The number of anilines is 1. The van der Waals surface area contributed by atoms with Gasteiger partial charge in [0.15, 0.2) is 5.82 Å². The van der Waals surface area contributed by atoms with E-state index in [2.05, 4.69) is 25.7 Å². The summed E-state index contributed by atoms with van der Waals surface area (Å²) in [4.78, 5) is 14.7. The van der Waals surface area contributed by atoms with Crippen molar-refractivity contribution >= 4 is 23.6 Å². The van der Waals surface area contributed by atoms with Crippen LogP contribution in [0, 0.1) is 6.92 Å². The van der Waals surface area contributed by atoms with Crippen LogP contribution in [0.4, 0.5) is 5.82 Å². The van der Waals surface area contributed by atoms with Crippen LogP contribution < -0.4 is 11.1 Å². The molecule has 0 bridgehead atoms. The molecule has 0 saturated heterocycles. The first-order chi connectivity index (χ1) is 8.65. The molecule has 0 unspecified atom stereocenters. The smallest absolute Gasteiger partial charge is 0.260 e. The molecule has 2 rings (SSSR count). The number of nitrogens with one attached hydrogen (secondary N) is 2. The molecule has 6 nitrogen and oxygen atoms in total. The Morgan fingerprint density at radius 1 is 1.39 bits per heavy atom. The Morgan fingerprint density at radius 2 is 2.11 bits per heavy atom. The minimum atomic E-state index is -0.523. The zero-order chi connectivity index (χ0) is 13.0. The minimum Gasteiger partial charge on any atom is -0.260 e. The fourth-order valence-corrected chi connectivity index (χ4v) is 1.34. The van der Waals surface area contributed by atoms with E-state index in [0.717, 1.165) is 5.56 Å². The largest absolute Gasteiger partial charge is 0.363 e. The van der Waals surface area contributed by atoms with Crippen LogP contribution in [0.2, 0.25) is 5.02 Å². The summed E-state index contributed by atoms with van der Waals surface area (Å²) in [6, 6.07) is 7.18. The Morgan fingerprint density at radius 3 is 2.83 bits per heavy atom. The highest BCUT2D eigenvalue weighted by Gasteiger charge is 1.99. The molecule has 2 aromatic rings. The first kappa shape index (κ1) is 12.3. The maximum atomic E-state index is 11.0. The number of rotatable bonds is 3. The van der Waals surface area contributed by atoms with Gasteiger partial charge in [-0.15, -0.1) is 0 Å². The number of hydrogen-bond acceptors (Lipinski definition) is 5. The highest BCUT2D eigenvalue weighted by atomic mass is 35.5. The van der Waals surface area contributed by atoms with Gasteiger partial charge in [-0.05, 0) is 24.6 Å². The molecule has 0 aliphatic heterocycles. The number of aromatic nitrogens is 3. The number of halogens is 1. The first-order valence-electron chi connectivity index (χ1n) is 5.13. The van der Waals surface area contributed by atoms with Gasteiger partial charge in [0.25, 0.3) is 0 Å². The molecule has 0 amide bonds. The van der Waals surface area contributed by atoms with Gasteiger partial charge >= 0.3 is 5.69 Å². The predicted molar refractivity (Wildman–Crippen MR) is 70.1 cm³/mol. The molecule has 2 N–H and O–H groups in total. The summed E-state index contributed by atoms with van der Waals surface area (Å²) in [7, 11) is 0. The zero-order valence-corrected chi connectivity index (χ0v) is 10.3. The number of hydrazone groups is 1. The van der Waals surface area contributed by atoms with Gasteiger partial charge in [0.2, 0.25) is 0 Å². The summed E-state index contributed by atoms with van der Waals surface area (Å²) in [6.07, 6.45) is 1.60. The molecule has 0 radical (unpaired) electrons. The van der Waals surface area contributed by atoms with Gasteiger partial charge in [-0.2, -0.15) is 15.2 Å². The van der Waals surface area contributed by atoms with Crippen molar-refractivity contribution in [1.82, 2.24) is 15.2 Å². The van der Waals surface area contributed by atoms with E-state index in [1.54, 1.807) is 25.3 Å². The second-order valence-corrected chi connectivity index (χ2v) is 3.93. The Kier molecular flexibility index (Phi) is 3.69. The first-order valence-corrected chi connectivity index (χ1v) is 5.51. The highest BCUT2D eigenvalue weighted by molar-refractivity contribution is 6.30. The lowest BCUT2D eigenvalue weighted by Gasteiger charge is -2.00. The highest BCUT2D eigenvalue weighted by Crippen LogP contribution is 2.08. The predicted octanol–water partition coefficient (Wildman–Crippen LogP) is 1.57. The van der Waals surface area contributed by atoms with Gasteiger partial charge in [-0.1, -0.05) is 23.7 Å². The molecule has 1 aromatic carbocycles. The van der Waals surface area contributed by atoms with Crippen molar-refractivity contribution in [2.75, 3.05) is 5.43 Å². The Balaban J connectivity index is 2.09. The van der Waals surface area contributed by atoms with E-state index in [0.29, 0.717) is 16.5 Å². The van der Waals surface area contributed by atoms with Gasteiger partial charge in [-0.3, -0.25) is 5.43 Å². The van der Waals surface area contributed by atoms with Gasteiger partial charge in [0, 0.05) is 5.02 Å². The maximum absolute atomic E-state index is 11.0. The van der Waals surface area contributed by atoms with Gasteiger partial charge in [0.1, 0.15) is 5.69 Å². The van der Waals surface area contributed by atoms with Crippen LogP contribution in [0.15, 0.2) is 34.2 Å². The SMILES string of the molecule is Cc1n[nH]c(=O)nc1NN=Cc1ccc(Cl)cc1. The Hall–Kier alpha value is -2.21. The summed E-state index contributed by atoms with van der Waals surface area (Å²) < 4.78 is 0. The van der Waals surface area contributed by atoms with Gasteiger partial charge in [-0.25, -0.2) is 9.89 Å². The lowest BCUT2D eigenvalue weighted by Crippen LogP contribution is -2.15. The molecule has 92 valence electrons. The number of benzene rings is 1. The van der Waals surface area contributed by atoms with E-state index in [1.165, 1.54) is 0 Å². The lowest BCUT2D eigenvalue weighted by atomic mass is 10.2. The van der Waals surface area contributed by atoms with Gasteiger partial charge in [0.05, 0.1) is 6.21 Å². The van der Waals surface area contributed by atoms with Crippen LogP contribution >= 0.6 is 11.6 Å². The molecular weight excluding hydrogens is 254 g/mol. The van der Waals surface area contributed by atoms with Crippen LogP contribution in [0.1, 0.15) is 11.3 Å². The molecule has 0 atom stereocenters. The number of nitrogens with zero attached hydrogens (tertiary/aromatic N) is 3. The molecule has 18 heavy (non-hydrogen) atoms. The zero-order valence-electron chi connectivity index (χ0n) is 9.51. The molecule has 0 aliphatic carbocycles. The molecule has 0 fully saturated rings. The van der Waals surface area contributed by atoms with Crippen molar-refractivity contribution in [3.05, 3.63) is 51.0 Å². The minimum absolute atomic E-state index is 0.323.